The normalized spacial score (nSPS) is 37.7. The zero-order valence-electron chi connectivity index (χ0n) is 11.3. The summed E-state index contributed by atoms with van der Waals surface area (Å²) in [6.45, 7) is 2.19. The second-order valence-electron chi connectivity index (χ2n) is 5.44. The van der Waals surface area contributed by atoms with Crippen LogP contribution in [-0.4, -0.2) is 41.0 Å². The first-order valence-corrected chi connectivity index (χ1v) is 8.48. The van der Waals surface area contributed by atoms with E-state index in [4.69, 9.17) is 4.43 Å². The van der Waals surface area contributed by atoms with E-state index in [2.05, 4.69) is 29.3 Å². The lowest BCUT2D eigenvalue weighted by atomic mass is 9.91. The average molecular weight is 255 g/mol. The fourth-order valence-corrected chi connectivity index (χ4v) is 3.99. The highest BCUT2D eigenvalue weighted by Crippen LogP contribution is 2.50. The van der Waals surface area contributed by atoms with Crippen molar-refractivity contribution < 1.29 is 4.43 Å². The largest absolute Gasteiger partial charge is 0.427 e. The Kier molecular flexibility index (Phi) is 4.56. The van der Waals surface area contributed by atoms with E-state index >= 15 is 0 Å². The quantitative estimate of drug-likeness (QED) is 0.571. The number of nitrogens with zero attached hydrogens (tertiary/aromatic N) is 3. The second-order valence-corrected chi connectivity index (χ2v) is 7.13. The molecule has 98 valence electrons. The van der Waals surface area contributed by atoms with Crippen LogP contribution in [0.25, 0.3) is 0 Å². The Balaban J connectivity index is 0.000000157. The molecule has 2 saturated carbocycles. The van der Waals surface area contributed by atoms with Crippen molar-refractivity contribution in [3.8, 4) is 0 Å². The molecule has 17 heavy (non-hydrogen) atoms. The zero-order chi connectivity index (χ0) is 12.3. The van der Waals surface area contributed by atoms with Gasteiger partial charge in [0.05, 0.1) is 12.1 Å². The summed E-state index contributed by atoms with van der Waals surface area (Å²) < 4.78 is 4.92. The molecule has 4 nitrogen and oxygen atoms in total. The van der Waals surface area contributed by atoms with E-state index in [1.54, 1.807) is 7.11 Å². The summed E-state index contributed by atoms with van der Waals surface area (Å²) in [6, 6.07) is 2.57. The van der Waals surface area contributed by atoms with Gasteiger partial charge in [-0.25, -0.2) is 0 Å². The van der Waals surface area contributed by atoms with Gasteiger partial charge in [-0.3, -0.25) is 5.01 Å². The molecule has 0 aromatic heterocycles. The van der Waals surface area contributed by atoms with Gasteiger partial charge >= 0.3 is 0 Å². The number of rotatable bonds is 3. The lowest BCUT2D eigenvalue weighted by Gasteiger charge is -2.25. The van der Waals surface area contributed by atoms with Crippen LogP contribution in [0.15, 0.2) is 10.3 Å². The fraction of sp³-hybridized carbons (Fsp3) is 1.00. The van der Waals surface area contributed by atoms with Crippen LogP contribution in [0.4, 0.5) is 0 Å². The summed E-state index contributed by atoms with van der Waals surface area (Å²) in [6.07, 6.45) is 5.53. The van der Waals surface area contributed by atoms with Gasteiger partial charge in [0.1, 0.15) is 0 Å². The van der Waals surface area contributed by atoms with Crippen molar-refractivity contribution in [1.29, 1.82) is 0 Å². The molecule has 0 amide bonds. The molecule has 5 heteroatoms. The molecule has 4 unspecified atom stereocenters. The molecule has 4 atom stereocenters. The van der Waals surface area contributed by atoms with Crippen molar-refractivity contribution in [1.82, 2.24) is 5.01 Å². The predicted octanol–water partition coefficient (Wildman–Crippen LogP) is 2.01. The Morgan fingerprint density at radius 3 is 2.71 bits per heavy atom. The summed E-state index contributed by atoms with van der Waals surface area (Å²) in [5.41, 5.74) is 0. The standard InChI is InChI=1S/C8H13N3.C4H12OSi/c1-11-8-6-3-2-5(4-6)7(8)9-10-11;1-3-4-6-5-2/h5-8H,2-4H2,1H3;3-4,6H2,1-2H3. The summed E-state index contributed by atoms with van der Waals surface area (Å²) in [5, 5.41) is 10.5. The predicted molar refractivity (Wildman–Crippen MR) is 71.7 cm³/mol. The van der Waals surface area contributed by atoms with Crippen molar-refractivity contribution in [2.75, 3.05) is 14.2 Å². The third-order valence-electron chi connectivity index (χ3n) is 4.29. The summed E-state index contributed by atoms with van der Waals surface area (Å²) in [7, 11) is 3.78. The minimum Gasteiger partial charge on any atom is -0.427 e. The van der Waals surface area contributed by atoms with Crippen LogP contribution >= 0.6 is 0 Å². The van der Waals surface area contributed by atoms with Crippen LogP contribution < -0.4 is 0 Å². The lowest BCUT2D eigenvalue weighted by molar-refractivity contribution is 0.205. The van der Waals surface area contributed by atoms with Crippen molar-refractivity contribution in [3.63, 3.8) is 0 Å². The molecule has 2 aliphatic carbocycles. The monoisotopic (exact) mass is 255 g/mol. The Hall–Kier alpha value is -0.423. The molecule has 0 saturated heterocycles. The third-order valence-corrected chi connectivity index (χ3v) is 5.69. The second kappa shape index (κ2) is 5.95. The fourth-order valence-electron chi connectivity index (χ4n) is 3.41. The number of hydrogen-bond acceptors (Lipinski definition) is 4. The van der Waals surface area contributed by atoms with E-state index in [0.717, 1.165) is 11.8 Å². The molecule has 0 N–H and O–H groups in total. The maximum Gasteiger partial charge on any atom is 0.161 e. The molecule has 3 aliphatic rings. The molecular weight excluding hydrogens is 230 g/mol. The highest BCUT2D eigenvalue weighted by Gasteiger charge is 2.52. The van der Waals surface area contributed by atoms with Gasteiger partial charge in [-0.1, -0.05) is 18.6 Å². The molecule has 0 radical (unpaired) electrons. The molecule has 0 aromatic carbocycles. The SMILES string of the molecule is CCC[SiH2]OC.CN1N=NC2C3CCC(C3)C21. The van der Waals surface area contributed by atoms with Gasteiger partial charge in [0.25, 0.3) is 0 Å². The van der Waals surface area contributed by atoms with Crippen molar-refractivity contribution in [3.05, 3.63) is 0 Å². The molecular formula is C12H25N3OSi. The maximum atomic E-state index is 4.92. The van der Waals surface area contributed by atoms with Crippen LogP contribution in [-0.2, 0) is 4.43 Å². The van der Waals surface area contributed by atoms with Crippen LogP contribution in [0.1, 0.15) is 32.6 Å². The van der Waals surface area contributed by atoms with Crippen LogP contribution in [0, 0.1) is 11.8 Å². The molecule has 1 aliphatic heterocycles. The summed E-state index contributed by atoms with van der Waals surface area (Å²) >= 11 is 0. The van der Waals surface area contributed by atoms with Gasteiger partial charge in [0.2, 0.25) is 0 Å². The van der Waals surface area contributed by atoms with Gasteiger partial charge in [-0.2, -0.15) is 5.11 Å². The van der Waals surface area contributed by atoms with E-state index in [-0.39, 0.29) is 9.76 Å². The number of fused-ring (bicyclic) bond motifs is 5. The van der Waals surface area contributed by atoms with Gasteiger partial charge in [-0.05, 0) is 37.1 Å². The van der Waals surface area contributed by atoms with E-state index in [0.29, 0.717) is 12.1 Å². The maximum absolute atomic E-state index is 4.92. The van der Waals surface area contributed by atoms with E-state index in [1.165, 1.54) is 31.7 Å². The molecule has 2 fully saturated rings. The summed E-state index contributed by atoms with van der Waals surface area (Å²) in [5.74, 6) is 1.78. The molecule has 0 spiro atoms. The van der Waals surface area contributed by atoms with E-state index < -0.39 is 0 Å². The Morgan fingerprint density at radius 1 is 1.35 bits per heavy atom. The van der Waals surface area contributed by atoms with Crippen LogP contribution in [0.5, 0.6) is 0 Å². The van der Waals surface area contributed by atoms with Crippen molar-refractivity contribution in [2.45, 2.75) is 50.7 Å². The first-order chi connectivity index (χ1) is 8.27. The number of likely N-dealkylation sites (N-methyl/N-ethyl adjacent to an activating group) is 1. The van der Waals surface area contributed by atoms with Crippen LogP contribution in [0.3, 0.4) is 0 Å². The Morgan fingerprint density at radius 2 is 2.12 bits per heavy atom. The Bertz CT molecular complexity index is 270. The molecule has 3 rings (SSSR count). The minimum atomic E-state index is -0.0783. The van der Waals surface area contributed by atoms with Crippen molar-refractivity contribution >= 4 is 9.76 Å². The van der Waals surface area contributed by atoms with Gasteiger partial charge in [0, 0.05) is 14.2 Å². The highest BCUT2D eigenvalue weighted by molar-refractivity contribution is 6.26. The van der Waals surface area contributed by atoms with Gasteiger partial charge in [-0.15, -0.1) is 0 Å². The molecule has 1 heterocycles. The third kappa shape index (κ3) is 2.71. The highest BCUT2D eigenvalue weighted by atomic mass is 28.2. The molecule has 2 bridgehead atoms. The van der Waals surface area contributed by atoms with E-state index in [9.17, 15) is 0 Å². The average Bonchev–Trinajstić information content (AvgIpc) is 3.01. The Labute approximate surface area is 107 Å². The molecule has 0 aromatic rings. The smallest absolute Gasteiger partial charge is 0.161 e. The van der Waals surface area contributed by atoms with Gasteiger partial charge < -0.3 is 4.43 Å². The van der Waals surface area contributed by atoms with Crippen LogP contribution in [0.2, 0.25) is 6.04 Å². The topological polar surface area (TPSA) is 37.2 Å². The minimum absolute atomic E-state index is 0.0783. The first kappa shape index (κ1) is 13.0. The summed E-state index contributed by atoms with van der Waals surface area (Å²) in [4.78, 5) is 0. The number of hydrogen-bond donors (Lipinski definition) is 0. The first-order valence-electron chi connectivity index (χ1n) is 6.90. The van der Waals surface area contributed by atoms with Gasteiger partial charge in [0.15, 0.2) is 9.76 Å². The lowest BCUT2D eigenvalue weighted by Crippen LogP contribution is -2.37. The van der Waals surface area contributed by atoms with E-state index in [1.807, 2.05) is 0 Å². The zero-order valence-corrected chi connectivity index (χ0v) is 12.7. The van der Waals surface area contributed by atoms with Crippen molar-refractivity contribution in [2.24, 2.45) is 22.2 Å².